The summed E-state index contributed by atoms with van der Waals surface area (Å²) in [5, 5.41) is 29.3. The third-order valence-electron chi connectivity index (χ3n) is 6.95. The lowest BCUT2D eigenvalue weighted by atomic mass is 10.0. The van der Waals surface area contributed by atoms with Crippen LogP contribution in [0, 0.1) is 11.3 Å². The molecule has 1 amide bonds. The molecule has 13 nitrogen and oxygen atoms in total. The van der Waals surface area contributed by atoms with E-state index < -0.39 is 0 Å². The number of nitrogens with zero attached hydrogens (tertiary/aromatic N) is 8. The summed E-state index contributed by atoms with van der Waals surface area (Å²) in [6.07, 6.45) is 3.52. The van der Waals surface area contributed by atoms with Gasteiger partial charge in [0.05, 0.1) is 18.2 Å². The SMILES string of the molecule is COc1ncc2c(N3C[C@@H](C)N[C@@H](C)C3)ccc(C(=O)Nc3cc(Oc4ccc(C#N)nn4)c4nn(C)cc4c3)c2n1. The van der Waals surface area contributed by atoms with Gasteiger partial charge in [0, 0.05) is 78.9 Å². The van der Waals surface area contributed by atoms with E-state index in [1.54, 1.807) is 36.1 Å². The number of hydrogen-bond acceptors (Lipinski definition) is 11. The van der Waals surface area contributed by atoms with Crippen molar-refractivity contribution in [3.63, 3.8) is 0 Å². The lowest BCUT2D eigenvalue weighted by molar-refractivity contribution is 0.102. The number of rotatable bonds is 6. The van der Waals surface area contributed by atoms with Gasteiger partial charge in [-0.1, -0.05) is 0 Å². The maximum atomic E-state index is 13.8. The van der Waals surface area contributed by atoms with Gasteiger partial charge in [0.25, 0.3) is 5.91 Å². The quantitative estimate of drug-likeness (QED) is 0.311. The van der Waals surface area contributed by atoms with Crippen LogP contribution in [0.1, 0.15) is 29.9 Å². The summed E-state index contributed by atoms with van der Waals surface area (Å²) < 4.78 is 12.9. The standard InChI is InChI=1S/C29H28N10O3/c1-16-13-39(14-17(2)32-16)23-7-6-21(27-22(23)12-31-29(34-27)41-4)28(40)33-20-9-18-15-38(3)37-26(18)24(10-20)42-25-8-5-19(11-30)35-36-25/h5-10,12,15-17,32H,13-14H2,1-4H3,(H,33,40)/t16-,17+. The number of nitrogens with one attached hydrogen (secondary N) is 2. The van der Waals surface area contributed by atoms with Crippen LogP contribution in [0.25, 0.3) is 21.8 Å². The van der Waals surface area contributed by atoms with Crippen molar-refractivity contribution in [3.8, 4) is 23.7 Å². The van der Waals surface area contributed by atoms with Gasteiger partial charge in [0.1, 0.15) is 11.6 Å². The Morgan fingerprint density at radius 2 is 1.93 bits per heavy atom. The minimum atomic E-state index is -0.360. The van der Waals surface area contributed by atoms with Gasteiger partial charge < -0.3 is 25.0 Å². The molecule has 4 heterocycles. The van der Waals surface area contributed by atoms with Crippen molar-refractivity contribution in [2.24, 2.45) is 7.05 Å². The lowest BCUT2D eigenvalue weighted by Crippen LogP contribution is -2.54. The molecule has 2 N–H and O–H groups in total. The van der Waals surface area contributed by atoms with Crippen molar-refractivity contribution in [1.29, 1.82) is 5.26 Å². The number of aryl methyl sites for hydroxylation is 1. The number of piperazine rings is 1. The molecular weight excluding hydrogens is 536 g/mol. The summed E-state index contributed by atoms with van der Waals surface area (Å²) in [4.78, 5) is 25.0. The van der Waals surface area contributed by atoms with Gasteiger partial charge in [-0.05, 0) is 38.1 Å². The van der Waals surface area contributed by atoms with Crippen LogP contribution < -0.4 is 25.0 Å². The van der Waals surface area contributed by atoms with Gasteiger partial charge in [0.2, 0.25) is 5.88 Å². The van der Waals surface area contributed by atoms with Crippen molar-refractivity contribution in [2.75, 3.05) is 30.4 Å². The monoisotopic (exact) mass is 564 g/mol. The molecule has 1 aliphatic heterocycles. The van der Waals surface area contributed by atoms with Crippen LogP contribution in [0.3, 0.4) is 0 Å². The average Bonchev–Trinajstić information content (AvgIpc) is 3.36. The van der Waals surface area contributed by atoms with Crippen molar-refractivity contribution < 1.29 is 14.3 Å². The highest BCUT2D eigenvalue weighted by molar-refractivity contribution is 6.14. The van der Waals surface area contributed by atoms with E-state index in [1.807, 2.05) is 24.4 Å². The first-order valence-electron chi connectivity index (χ1n) is 13.4. The fraction of sp³-hybridized carbons (Fsp3) is 0.276. The van der Waals surface area contributed by atoms with Crippen molar-refractivity contribution >= 4 is 39.1 Å². The summed E-state index contributed by atoms with van der Waals surface area (Å²) in [5.41, 5.74) is 3.06. The average molecular weight is 565 g/mol. The Labute approximate surface area is 241 Å². The first-order valence-corrected chi connectivity index (χ1v) is 13.4. The minimum Gasteiger partial charge on any atom is -0.467 e. The van der Waals surface area contributed by atoms with E-state index in [0.29, 0.717) is 40.1 Å². The molecule has 5 aromatic rings. The van der Waals surface area contributed by atoms with E-state index in [-0.39, 0.29) is 23.5 Å². The summed E-state index contributed by atoms with van der Waals surface area (Å²) in [6.45, 7) is 5.93. The largest absolute Gasteiger partial charge is 0.467 e. The van der Waals surface area contributed by atoms with Crippen LogP contribution in [0.2, 0.25) is 0 Å². The predicted molar refractivity (Wildman–Crippen MR) is 156 cm³/mol. The van der Waals surface area contributed by atoms with E-state index in [0.717, 1.165) is 29.5 Å². The minimum absolute atomic E-state index is 0.172. The summed E-state index contributed by atoms with van der Waals surface area (Å²) in [6, 6.07) is 13.0. The van der Waals surface area contributed by atoms with Gasteiger partial charge in [-0.2, -0.15) is 15.3 Å². The smallest absolute Gasteiger partial charge is 0.316 e. The Hall–Kier alpha value is -5.35. The second-order valence-corrected chi connectivity index (χ2v) is 10.3. The van der Waals surface area contributed by atoms with Crippen LogP contribution in [0.4, 0.5) is 11.4 Å². The molecule has 212 valence electrons. The van der Waals surface area contributed by atoms with Crippen LogP contribution in [-0.2, 0) is 7.05 Å². The van der Waals surface area contributed by atoms with E-state index in [4.69, 9.17) is 14.7 Å². The predicted octanol–water partition coefficient (Wildman–Crippen LogP) is 3.42. The summed E-state index contributed by atoms with van der Waals surface area (Å²) in [7, 11) is 3.29. The number of ether oxygens (including phenoxy) is 2. The van der Waals surface area contributed by atoms with Gasteiger partial charge >= 0.3 is 6.01 Å². The molecule has 0 saturated carbocycles. The van der Waals surface area contributed by atoms with E-state index in [9.17, 15) is 4.79 Å². The summed E-state index contributed by atoms with van der Waals surface area (Å²) in [5.74, 6) is 0.196. The zero-order valence-electron chi connectivity index (χ0n) is 23.5. The lowest BCUT2D eigenvalue weighted by Gasteiger charge is -2.38. The summed E-state index contributed by atoms with van der Waals surface area (Å²) >= 11 is 0. The second kappa shape index (κ2) is 10.9. The number of methoxy groups -OCH3 is 1. The molecule has 1 saturated heterocycles. The third-order valence-corrected chi connectivity index (χ3v) is 6.95. The number of fused-ring (bicyclic) bond motifs is 2. The Bertz CT molecular complexity index is 1840. The number of hydrogen-bond donors (Lipinski definition) is 2. The molecule has 0 aliphatic carbocycles. The number of carbonyl (C=O) groups excluding carboxylic acids is 1. The molecular formula is C29H28N10O3. The molecule has 0 bridgehead atoms. The number of nitriles is 1. The molecule has 0 radical (unpaired) electrons. The molecule has 6 rings (SSSR count). The molecule has 2 atom stereocenters. The zero-order valence-corrected chi connectivity index (χ0v) is 23.5. The number of anilines is 2. The van der Waals surface area contributed by atoms with Gasteiger partial charge in [-0.3, -0.25) is 9.48 Å². The molecule has 0 spiro atoms. The molecule has 1 fully saturated rings. The van der Waals surface area contributed by atoms with Crippen LogP contribution in [-0.4, -0.2) is 68.1 Å². The Morgan fingerprint density at radius 1 is 1.12 bits per heavy atom. The molecule has 13 heteroatoms. The highest BCUT2D eigenvalue weighted by atomic mass is 16.5. The Kier molecular flexibility index (Phi) is 6.97. The van der Waals surface area contributed by atoms with Crippen LogP contribution in [0.15, 0.2) is 48.8 Å². The molecule has 1 aliphatic rings. The molecule has 2 aromatic carbocycles. The third kappa shape index (κ3) is 5.23. The van der Waals surface area contributed by atoms with Crippen LogP contribution in [0.5, 0.6) is 17.6 Å². The maximum Gasteiger partial charge on any atom is 0.316 e. The van der Waals surface area contributed by atoms with Gasteiger partial charge in [0.15, 0.2) is 11.4 Å². The highest BCUT2D eigenvalue weighted by Gasteiger charge is 2.25. The number of carbonyl (C=O) groups is 1. The Balaban J connectivity index is 1.36. The fourth-order valence-corrected chi connectivity index (χ4v) is 5.29. The topological polar surface area (TPSA) is 156 Å². The second-order valence-electron chi connectivity index (χ2n) is 10.3. The Morgan fingerprint density at radius 3 is 2.64 bits per heavy atom. The number of aromatic nitrogens is 6. The van der Waals surface area contributed by atoms with Crippen LogP contribution >= 0.6 is 0 Å². The van der Waals surface area contributed by atoms with Crippen molar-refractivity contribution in [3.05, 3.63) is 60.0 Å². The van der Waals surface area contributed by atoms with E-state index in [1.165, 1.54) is 13.2 Å². The van der Waals surface area contributed by atoms with E-state index >= 15 is 0 Å². The zero-order chi connectivity index (χ0) is 29.4. The number of benzene rings is 2. The normalized spacial score (nSPS) is 16.8. The fourth-order valence-electron chi connectivity index (χ4n) is 5.29. The molecule has 42 heavy (non-hydrogen) atoms. The molecule has 3 aromatic heterocycles. The highest BCUT2D eigenvalue weighted by Crippen LogP contribution is 2.34. The van der Waals surface area contributed by atoms with E-state index in [2.05, 4.69) is 54.6 Å². The number of amides is 1. The van der Waals surface area contributed by atoms with Gasteiger partial charge in [-0.15, -0.1) is 10.2 Å². The maximum absolute atomic E-state index is 13.8. The van der Waals surface area contributed by atoms with Crippen molar-refractivity contribution in [1.82, 2.24) is 35.3 Å². The first kappa shape index (κ1) is 26.9. The van der Waals surface area contributed by atoms with Crippen molar-refractivity contribution in [2.45, 2.75) is 25.9 Å². The molecule has 0 unspecified atom stereocenters. The van der Waals surface area contributed by atoms with Gasteiger partial charge in [-0.25, -0.2) is 4.98 Å². The first-order chi connectivity index (χ1) is 20.3.